The molecule has 2 amide bonds. The van der Waals surface area contributed by atoms with Gasteiger partial charge in [0.25, 0.3) is 0 Å². The van der Waals surface area contributed by atoms with Crippen molar-refractivity contribution in [2.45, 2.75) is 52.0 Å². The number of nitrogens with one attached hydrogen (secondary N) is 1. The van der Waals surface area contributed by atoms with Crippen LogP contribution >= 0.6 is 0 Å². The van der Waals surface area contributed by atoms with Crippen molar-refractivity contribution < 1.29 is 33.5 Å². The Morgan fingerprint density at radius 3 is 2.78 bits per heavy atom. The summed E-state index contributed by atoms with van der Waals surface area (Å²) in [4.78, 5) is 27.1. The van der Waals surface area contributed by atoms with Crippen molar-refractivity contribution in [2.75, 3.05) is 26.4 Å². The van der Waals surface area contributed by atoms with Crippen molar-refractivity contribution in [3.8, 4) is 6.07 Å². The predicted octanol–water partition coefficient (Wildman–Crippen LogP) is 2.28. The molecule has 3 atom stereocenters. The van der Waals surface area contributed by atoms with Gasteiger partial charge in [0, 0.05) is 11.9 Å². The highest BCUT2D eigenvalue weighted by Gasteiger charge is 2.34. The molecule has 1 saturated heterocycles. The van der Waals surface area contributed by atoms with Crippen molar-refractivity contribution in [3.05, 3.63) is 36.1 Å². The average molecular weight is 499 g/mol. The molecule has 3 rings (SSSR count). The van der Waals surface area contributed by atoms with E-state index in [-0.39, 0.29) is 31.0 Å². The van der Waals surface area contributed by atoms with Gasteiger partial charge in [-0.1, -0.05) is 39.0 Å². The Morgan fingerprint density at radius 2 is 2.08 bits per heavy atom. The molecule has 10 nitrogen and oxygen atoms in total. The highest BCUT2D eigenvalue weighted by atomic mass is 16.6. The Balaban J connectivity index is 1.58. The van der Waals surface area contributed by atoms with Crippen LogP contribution in [0, 0.1) is 22.7 Å². The SMILES string of the molecule is CC(C)(C)CCC(C#N)C(=O)N1CCOC[C@@H]1COC(=O)N[C@@H](Cc1coc2ccccc12)B(O)O. The number of para-hydroxylation sites is 1. The molecule has 1 aliphatic heterocycles. The van der Waals surface area contributed by atoms with Gasteiger partial charge in [0.1, 0.15) is 18.1 Å². The number of hydrogen-bond donors (Lipinski definition) is 3. The van der Waals surface area contributed by atoms with Crippen LogP contribution in [-0.2, 0) is 20.7 Å². The summed E-state index contributed by atoms with van der Waals surface area (Å²) in [5.41, 5.74) is 1.36. The fourth-order valence-corrected chi connectivity index (χ4v) is 4.13. The number of benzene rings is 1. The zero-order valence-electron chi connectivity index (χ0n) is 21.0. The van der Waals surface area contributed by atoms with E-state index in [2.05, 4.69) is 32.2 Å². The highest BCUT2D eigenvalue weighted by molar-refractivity contribution is 6.43. The molecular weight excluding hydrogens is 465 g/mol. The summed E-state index contributed by atoms with van der Waals surface area (Å²) in [6, 6.07) is 8.88. The smallest absolute Gasteiger partial charge is 0.464 e. The number of fused-ring (bicyclic) bond motifs is 1. The molecule has 1 unspecified atom stereocenters. The third kappa shape index (κ3) is 7.47. The number of furan rings is 1. The molecule has 0 radical (unpaired) electrons. The van der Waals surface area contributed by atoms with Gasteiger partial charge in [0.2, 0.25) is 5.91 Å². The second kappa shape index (κ2) is 12.3. The van der Waals surface area contributed by atoms with Gasteiger partial charge in [-0.2, -0.15) is 5.26 Å². The number of alkyl carbamates (subject to hydrolysis) is 1. The Morgan fingerprint density at radius 1 is 1.33 bits per heavy atom. The zero-order valence-corrected chi connectivity index (χ0v) is 21.0. The van der Waals surface area contributed by atoms with Crippen LogP contribution in [0.2, 0.25) is 0 Å². The largest absolute Gasteiger partial charge is 0.475 e. The van der Waals surface area contributed by atoms with E-state index in [0.717, 1.165) is 11.8 Å². The first-order valence-corrected chi connectivity index (χ1v) is 12.1. The first-order valence-electron chi connectivity index (χ1n) is 12.1. The van der Waals surface area contributed by atoms with Gasteiger partial charge in [0.15, 0.2) is 0 Å². The van der Waals surface area contributed by atoms with Gasteiger partial charge < -0.3 is 34.2 Å². The van der Waals surface area contributed by atoms with Gasteiger partial charge in [-0.3, -0.25) is 4.79 Å². The molecule has 2 heterocycles. The summed E-state index contributed by atoms with van der Waals surface area (Å²) in [6.45, 7) is 6.82. The number of carbonyl (C=O) groups excluding carboxylic acids is 2. The minimum absolute atomic E-state index is 0.00243. The van der Waals surface area contributed by atoms with Gasteiger partial charge in [-0.25, -0.2) is 4.79 Å². The third-order valence-electron chi connectivity index (χ3n) is 6.22. The minimum atomic E-state index is -1.83. The van der Waals surface area contributed by atoms with Crippen LogP contribution in [0.1, 0.15) is 39.2 Å². The minimum Gasteiger partial charge on any atom is -0.464 e. The van der Waals surface area contributed by atoms with Crippen LogP contribution < -0.4 is 5.32 Å². The molecular formula is C25H34BN3O7. The maximum Gasteiger partial charge on any atom is 0.475 e. The second-order valence-corrected chi connectivity index (χ2v) is 10.3. The molecule has 36 heavy (non-hydrogen) atoms. The van der Waals surface area contributed by atoms with Gasteiger partial charge in [0.05, 0.1) is 37.5 Å². The van der Waals surface area contributed by atoms with E-state index < -0.39 is 31.1 Å². The Kier molecular flexibility index (Phi) is 9.37. The van der Waals surface area contributed by atoms with E-state index in [1.807, 2.05) is 18.2 Å². The van der Waals surface area contributed by atoms with E-state index >= 15 is 0 Å². The topological polar surface area (TPSA) is 145 Å². The van der Waals surface area contributed by atoms with Crippen molar-refractivity contribution in [3.63, 3.8) is 0 Å². The summed E-state index contributed by atoms with van der Waals surface area (Å²) in [5.74, 6) is -2.12. The van der Waals surface area contributed by atoms with E-state index in [0.29, 0.717) is 30.7 Å². The number of hydrogen-bond acceptors (Lipinski definition) is 8. The molecule has 194 valence electrons. The molecule has 11 heteroatoms. The van der Waals surface area contributed by atoms with Gasteiger partial charge in [-0.05, 0) is 36.3 Å². The number of nitrogens with zero attached hydrogens (tertiary/aromatic N) is 2. The Hall–Kier alpha value is -3.07. The van der Waals surface area contributed by atoms with Crippen LogP contribution in [0.5, 0.6) is 0 Å². The fourth-order valence-electron chi connectivity index (χ4n) is 4.13. The van der Waals surface area contributed by atoms with Crippen molar-refractivity contribution in [1.82, 2.24) is 10.2 Å². The number of morpholine rings is 1. The molecule has 3 N–H and O–H groups in total. The van der Waals surface area contributed by atoms with Crippen LogP contribution in [0.25, 0.3) is 11.0 Å². The molecule has 0 spiro atoms. The van der Waals surface area contributed by atoms with E-state index in [9.17, 15) is 24.9 Å². The molecule has 0 bridgehead atoms. The number of nitriles is 1. The zero-order chi connectivity index (χ0) is 26.3. The maximum absolute atomic E-state index is 13.1. The van der Waals surface area contributed by atoms with E-state index in [1.165, 1.54) is 6.26 Å². The molecule has 0 saturated carbocycles. The Labute approximate surface area is 211 Å². The van der Waals surface area contributed by atoms with Crippen molar-refractivity contribution in [1.29, 1.82) is 5.26 Å². The van der Waals surface area contributed by atoms with Crippen LogP contribution in [-0.4, -0.2) is 72.4 Å². The lowest BCUT2D eigenvalue weighted by Gasteiger charge is -2.36. The number of ether oxygens (including phenoxy) is 2. The Bertz CT molecular complexity index is 1080. The first kappa shape index (κ1) is 27.5. The lowest BCUT2D eigenvalue weighted by atomic mass is 9.76. The van der Waals surface area contributed by atoms with Gasteiger partial charge >= 0.3 is 13.2 Å². The fraction of sp³-hybridized carbons (Fsp3) is 0.560. The summed E-state index contributed by atoms with van der Waals surface area (Å²) in [7, 11) is -1.83. The average Bonchev–Trinajstić information content (AvgIpc) is 3.25. The summed E-state index contributed by atoms with van der Waals surface area (Å²) in [5, 5.41) is 32.5. The number of amides is 2. The van der Waals surface area contributed by atoms with Crippen LogP contribution in [0.4, 0.5) is 4.79 Å². The van der Waals surface area contributed by atoms with Gasteiger partial charge in [-0.15, -0.1) is 0 Å². The predicted molar refractivity (Wildman–Crippen MR) is 132 cm³/mol. The normalized spacial score (nSPS) is 17.8. The van der Waals surface area contributed by atoms with Crippen molar-refractivity contribution >= 4 is 30.1 Å². The number of carbonyl (C=O) groups is 2. The first-order chi connectivity index (χ1) is 17.1. The second-order valence-electron chi connectivity index (χ2n) is 10.3. The summed E-state index contributed by atoms with van der Waals surface area (Å²) < 4.78 is 16.3. The van der Waals surface area contributed by atoms with E-state index in [4.69, 9.17) is 13.9 Å². The quantitative estimate of drug-likeness (QED) is 0.446. The number of rotatable bonds is 9. The third-order valence-corrected chi connectivity index (χ3v) is 6.22. The van der Waals surface area contributed by atoms with Crippen LogP contribution in [0.3, 0.4) is 0 Å². The molecule has 1 aromatic heterocycles. The van der Waals surface area contributed by atoms with E-state index in [1.54, 1.807) is 11.0 Å². The summed E-state index contributed by atoms with van der Waals surface area (Å²) in [6.07, 6.45) is 1.94. The molecule has 1 fully saturated rings. The maximum atomic E-state index is 13.1. The standard InChI is InChI=1S/C25H34BN3O7/c1-25(2,3)9-8-17(13-27)23(30)29-10-11-34-15-19(29)16-36-24(31)28-22(26(32)33)12-18-14-35-21-7-5-4-6-20(18)21/h4-7,14,17,19,22,32-33H,8-12,15-16H2,1-3H3,(H,28,31)/t17?,19-,22+/m1/s1. The molecule has 0 aliphatic carbocycles. The van der Waals surface area contributed by atoms with Crippen molar-refractivity contribution in [2.24, 2.45) is 11.3 Å². The lowest BCUT2D eigenvalue weighted by molar-refractivity contribution is -0.144. The van der Waals surface area contributed by atoms with Crippen LogP contribution in [0.15, 0.2) is 34.9 Å². The monoisotopic (exact) mass is 499 g/mol. The summed E-state index contributed by atoms with van der Waals surface area (Å²) >= 11 is 0. The molecule has 2 aromatic rings. The molecule has 1 aliphatic rings. The highest BCUT2D eigenvalue weighted by Crippen LogP contribution is 2.25. The molecule has 1 aromatic carbocycles. The lowest BCUT2D eigenvalue weighted by Crippen LogP contribution is -2.54.